The zero-order valence-electron chi connectivity index (χ0n) is 16.0. The maximum Gasteiger partial charge on any atom is 0.234 e. The van der Waals surface area contributed by atoms with Crippen LogP contribution in [0.5, 0.6) is 11.5 Å². The van der Waals surface area contributed by atoms with Gasteiger partial charge in [-0.3, -0.25) is 4.79 Å². The third-order valence-corrected chi connectivity index (χ3v) is 5.36. The maximum absolute atomic E-state index is 12.3. The number of para-hydroxylation sites is 1. The third-order valence-electron chi connectivity index (χ3n) is 4.50. The fourth-order valence-corrected chi connectivity index (χ4v) is 3.71. The number of amides is 1. The zero-order chi connectivity index (χ0) is 19.9. The molecule has 2 heterocycles. The van der Waals surface area contributed by atoms with E-state index in [1.165, 1.54) is 24.6 Å². The van der Waals surface area contributed by atoms with E-state index in [1.807, 2.05) is 60.7 Å². The topological polar surface area (TPSA) is 67.4 Å². The molecule has 6 nitrogen and oxygen atoms in total. The first-order valence-corrected chi connectivity index (χ1v) is 10.6. The highest BCUT2D eigenvalue weighted by atomic mass is 32.2. The van der Waals surface area contributed by atoms with Gasteiger partial charge in [0.2, 0.25) is 5.91 Å². The lowest BCUT2D eigenvalue weighted by molar-refractivity contribution is -0.113. The van der Waals surface area contributed by atoms with E-state index in [-0.39, 0.29) is 11.7 Å². The highest BCUT2D eigenvalue weighted by Gasteiger charge is 2.14. The summed E-state index contributed by atoms with van der Waals surface area (Å²) in [5.74, 6) is 2.59. The molecule has 0 bridgehead atoms. The zero-order valence-corrected chi connectivity index (χ0v) is 16.8. The predicted molar refractivity (Wildman–Crippen MR) is 116 cm³/mol. The van der Waals surface area contributed by atoms with E-state index >= 15 is 0 Å². The van der Waals surface area contributed by atoms with Gasteiger partial charge in [-0.1, -0.05) is 30.0 Å². The van der Waals surface area contributed by atoms with Crippen LogP contribution in [0.15, 0.2) is 72.0 Å². The summed E-state index contributed by atoms with van der Waals surface area (Å²) in [6.07, 6.45) is 4.15. The summed E-state index contributed by atoms with van der Waals surface area (Å²) in [4.78, 5) is 23.4. The molecule has 0 aliphatic carbocycles. The minimum Gasteiger partial charge on any atom is -0.457 e. The number of hydrogen-bond donors (Lipinski definition) is 1. The second kappa shape index (κ2) is 9.43. The van der Waals surface area contributed by atoms with Crippen molar-refractivity contribution in [3.05, 3.63) is 66.9 Å². The fourth-order valence-electron chi connectivity index (χ4n) is 3.08. The molecule has 0 radical (unpaired) electrons. The van der Waals surface area contributed by atoms with Crippen molar-refractivity contribution in [2.45, 2.75) is 18.0 Å². The molecular weight excluding hydrogens is 384 g/mol. The predicted octanol–water partition coefficient (Wildman–Crippen LogP) is 4.60. The molecule has 0 atom stereocenters. The SMILES string of the molecule is O=C(CSc1nccc(N2CCCC2)n1)Nc1ccc(Oc2ccccc2)cc1. The van der Waals surface area contributed by atoms with Gasteiger partial charge in [-0.05, 0) is 55.3 Å². The first kappa shape index (κ1) is 19.3. The van der Waals surface area contributed by atoms with Crippen LogP contribution in [0, 0.1) is 0 Å². The Morgan fingerprint density at radius 1 is 1.00 bits per heavy atom. The molecule has 7 heteroatoms. The summed E-state index contributed by atoms with van der Waals surface area (Å²) in [6.45, 7) is 2.07. The lowest BCUT2D eigenvalue weighted by Crippen LogP contribution is -2.19. The van der Waals surface area contributed by atoms with Gasteiger partial charge in [0.1, 0.15) is 17.3 Å². The number of anilines is 2. The third kappa shape index (κ3) is 5.48. The molecule has 0 unspecified atom stereocenters. The number of ether oxygens (including phenoxy) is 1. The molecular formula is C22H22N4O2S. The van der Waals surface area contributed by atoms with Crippen LogP contribution in [-0.4, -0.2) is 34.7 Å². The monoisotopic (exact) mass is 406 g/mol. The summed E-state index contributed by atoms with van der Waals surface area (Å²) in [6, 6.07) is 18.8. The number of nitrogens with one attached hydrogen (secondary N) is 1. The molecule has 1 saturated heterocycles. The van der Waals surface area contributed by atoms with Gasteiger partial charge in [-0.2, -0.15) is 0 Å². The Morgan fingerprint density at radius 2 is 1.72 bits per heavy atom. The van der Waals surface area contributed by atoms with Crippen molar-refractivity contribution in [1.29, 1.82) is 0 Å². The molecule has 1 aliphatic rings. The molecule has 4 rings (SSSR count). The number of carbonyl (C=O) groups excluding carboxylic acids is 1. The highest BCUT2D eigenvalue weighted by Crippen LogP contribution is 2.23. The second-order valence-corrected chi connectivity index (χ2v) is 7.61. The van der Waals surface area contributed by atoms with Gasteiger partial charge in [0.25, 0.3) is 0 Å². The van der Waals surface area contributed by atoms with E-state index < -0.39 is 0 Å². The number of aromatic nitrogens is 2. The quantitative estimate of drug-likeness (QED) is 0.457. The van der Waals surface area contributed by atoms with Gasteiger partial charge in [-0.15, -0.1) is 0 Å². The largest absolute Gasteiger partial charge is 0.457 e. The maximum atomic E-state index is 12.3. The first-order chi connectivity index (χ1) is 14.3. The molecule has 1 fully saturated rings. The standard InChI is InChI=1S/C22H22N4O2S/c27-21(16-29-22-23-13-12-20(25-22)26-14-4-5-15-26)24-17-8-10-19(11-9-17)28-18-6-2-1-3-7-18/h1-3,6-13H,4-5,14-16H2,(H,24,27). The van der Waals surface area contributed by atoms with Gasteiger partial charge in [0, 0.05) is 25.0 Å². The van der Waals surface area contributed by atoms with Crippen molar-refractivity contribution in [3.63, 3.8) is 0 Å². The van der Waals surface area contributed by atoms with E-state index in [9.17, 15) is 4.79 Å². The molecule has 3 aromatic rings. The van der Waals surface area contributed by atoms with E-state index in [1.54, 1.807) is 6.20 Å². The normalized spacial score (nSPS) is 13.3. The van der Waals surface area contributed by atoms with E-state index in [0.717, 1.165) is 36.1 Å². The van der Waals surface area contributed by atoms with E-state index in [2.05, 4.69) is 20.2 Å². The Balaban J connectivity index is 1.28. The summed E-state index contributed by atoms with van der Waals surface area (Å²) in [5.41, 5.74) is 0.725. The summed E-state index contributed by atoms with van der Waals surface area (Å²) < 4.78 is 5.76. The molecule has 1 aliphatic heterocycles. The number of benzene rings is 2. The number of rotatable bonds is 7. The van der Waals surface area contributed by atoms with Crippen molar-refractivity contribution >= 4 is 29.2 Å². The molecule has 29 heavy (non-hydrogen) atoms. The van der Waals surface area contributed by atoms with Gasteiger partial charge in [-0.25, -0.2) is 9.97 Å². The Labute approximate surface area is 174 Å². The van der Waals surface area contributed by atoms with Gasteiger partial charge < -0.3 is 15.0 Å². The van der Waals surface area contributed by atoms with E-state index in [4.69, 9.17) is 4.74 Å². The van der Waals surface area contributed by atoms with Crippen LogP contribution in [0.4, 0.5) is 11.5 Å². The summed E-state index contributed by atoms with van der Waals surface area (Å²) >= 11 is 1.34. The van der Waals surface area contributed by atoms with E-state index in [0.29, 0.717) is 5.16 Å². The minimum atomic E-state index is -0.0955. The average Bonchev–Trinajstić information content (AvgIpc) is 3.30. The van der Waals surface area contributed by atoms with Crippen LogP contribution >= 0.6 is 11.8 Å². The molecule has 1 amide bonds. The Hall–Kier alpha value is -3.06. The first-order valence-electron chi connectivity index (χ1n) is 9.60. The smallest absolute Gasteiger partial charge is 0.234 e. The van der Waals surface area contributed by atoms with Crippen LogP contribution in [0.1, 0.15) is 12.8 Å². The van der Waals surface area contributed by atoms with Crippen LogP contribution in [-0.2, 0) is 4.79 Å². The molecule has 0 saturated carbocycles. The fraction of sp³-hybridized carbons (Fsp3) is 0.227. The van der Waals surface area contributed by atoms with Crippen molar-refractivity contribution in [2.75, 3.05) is 29.1 Å². The Kier molecular flexibility index (Phi) is 6.26. The van der Waals surface area contributed by atoms with Crippen molar-refractivity contribution in [2.24, 2.45) is 0 Å². The number of thioether (sulfide) groups is 1. The van der Waals surface area contributed by atoms with Crippen molar-refractivity contribution in [3.8, 4) is 11.5 Å². The number of carbonyl (C=O) groups is 1. The lowest BCUT2D eigenvalue weighted by Gasteiger charge is -2.16. The highest BCUT2D eigenvalue weighted by molar-refractivity contribution is 7.99. The van der Waals surface area contributed by atoms with Gasteiger partial charge in [0.15, 0.2) is 5.16 Å². The van der Waals surface area contributed by atoms with Crippen molar-refractivity contribution < 1.29 is 9.53 Å². The Morgan fingerprint density at radius 3 is 2.48 bits per heavy atom. The van der Waals surface area contributed by atoms with Crippen molar-refractivity contribution in [1.82, 2.24) is 9.97 Å². The molecule has 0 spiro atoms. The summed E-state index contributed by atoms with van der Waals surface area (Å²) in [7, 11) is 0. The molecule has 2 aromatic carbocycles. The summed E-state index contributed by atoms with van der Waals surface area (Å²) in [5, 5.41) is 3.51. The second-order valence-electron chi connectivity index (χ2n) is 6.67. The van der Waals surface area contributed by atoms with Crippen LogP contribution in [0.2, 0.25) is 0 Å². The molecule has 1 N–H and O–H groups in total. The lowest BCUT2D eigenvalue weighted by atomic mass is 10.3. The molecule has 1 aromatic heterocycles. The average molecular weight is 407 g/mol. The Bertz CT molecular complexity index is 945. The van der Waals surface area contributed by atoms with Crippen LogP contribution < -0.4 is 15.0 Å². The van der Waals surface area contributed by atoms with Gasteiger partial charge >= 0.3 is 0 Å². The molecule has 148 valence electrons. The number of hydrogen-bond acceptors (Lipinski definition) is 6. The van der Waals surface area contributed by atoms with Crippen LogP contribution in [0.25, 0.3) is 0 Å². The van der Waals surface area contributed by atoms with Gasteiger partial charge in [0.05, 0.1) is 5.75 Å². The number of nitrogens with zero attached hydrogens (tertiary/aromatic N) is 3. The van der Waals surface area contributed by atoms with Crippen LogP contribution in [0.3, 0.4) is 0 Å². The minimum absolute atomic E-state index is 0.0955.